The summed E-state index contributed by atoms with van der Waals surface area (Å²) in [4.78, 5) is 26.8. The van der Waals surface area contributed by atoms with Crippen molar-refractivity contribution in [3.8, 4) is 5.75 Å². The second-order valence-electron chi connectivity index (χ2n) is 4.91. The number of phenolic OH excluding ortho intramolecular Hbond substituents is 1. The molecule has 1 aliphatic rings. The molecule has 1 amide bonds. The van der Waals surface area contributed by atoms with Gasteiger partial charge >= 0.3 is 5.69 Å². The fraction of sp³-hybridized carbons (Fsp3) is 0. The lowest BCUT2D eigenvalue weighted by atomic mass is 10.1. The second-order valence-corrected chi connectivity index (χ2v) is 6.34. The number of carbonyl (C=O) groups is 1. The largest absolute Gasteiger partial charge is 0.502 e. The first kappa shape index (κ1) is 17.0. The maximum Gasteiger partial charge on any atom is 0.311 e. The van der Waals surface area contributed by atoms with Gasteiger partial charge in [-0.15, -0.1) is 0 Å². The van der Waals surface area contributed by atoms with E-state index in [0.717, 1.165) is 11.8 Å². The number of aromatic hydroxyl groups is 1. The van der Waals surface area contributed by atoms with Crippen LogP contribution in [-0.4, -0.2) is 21.1 Å². The molecule has 1 fully saturated rings. The van der Waals surface area contributed by atoms with Gasteiger partial charge in [-0.3, -0.25) is 14.9 Å². The number of halogens is 1. The Bertz CT molecular complexity index is 943. The Morgan fingerprint density at radius 3 is 2.72 bits per heavy atom. The summed E-state index contributed by atoms with van der Waals surface area (Å²) in [5.41, 5.74) is 0.250. The second kappa shape index (κ2) is 6.96. The fourth-order valence-electron chi connectivity index (χ4n) is 2.09. The highest BCUT2D eigenvalue weighted by Crippen LogP contribution is 2.35. The van der Waals surface area contributed by atoms with Gasteiger partial charge in [-0.2, -0.15) is 0 Å². The van der Waals surface area contributed by atoms with Crippen LogP contribution in [0, 0.1) is 10.1 Å². The lowest BCUT2D eigenvalue weighted by Crippen LogP contribution is -2.19. The predicted molar refractivity (Wildman–Crippen MR) is 97.0 cm³/mol. The number of hydrogen-bond acceptors (Lipinski definition) is 6. The van der Waals surface area contributed by atoms with Gasteiger partial charge in [0.25, 0.3) is 5.91 Å². The van der Waals surface area contributed by atoms with Crippen LogP contribution in [0.2, 0.25) is 5.02 Å². The molecule has 2 N–H and O–H groups in total. The third-order valence-corrected chi connectivity index (χ3v) is 4.48. The Labute approximate surface area is 151 Å². The summed E-state index contributed by atoms with van der Waals surface area (Å²) >= 11 is 7.08. The third kappa shape index (κ3) is 3.65. The molecule has 0 spiro atoms. The number of aliphatic imine (C=N–C) groups is 1. The highest BCUT2D eigenvalue weighted by molar-refractivity contribution is 8.18. The summed E-state index contributed by atoms with van der Waals surface area (Å²) in [6, 6.07) is 11.0. The van der Waals surface area contributed by atoms with Crippen LogP contribution in [0.1, 0.15) is 5.56 Å². The van der Waals surface area contributed by atoms with E-state index >= 15 is 0 Å². The van der Waals surface area contributed by atoms with E-state index in [2.05, 4.69) is 10.3 Å². The molecule has 0 aromatic heterocycles. The van der Waals surface area contributed by atoms with Crippen molar-refractivity contribution in [3.63, 3.8) is 0 Å². The molecule has 0 radical (unpaired) electrons. The van der Waals surface area contributed by atoms with E-state index < -0.39 is 22.3 Å². The lowest BCUT2D eigenvalue weighted by molar-refractivity contribution is -0.385. The summed E-state index contributed by atoms with van der Waals surface area (Å²) in [6.07, 6.45) is 1.37. The number of benzene rings is 2. The highest BCUT2D eigenvalue weighted by atomic mass is 35.5. The average Bonchev–Trinajstić information content (AvgIpc) is 2.91. The number of nitro benzene ring substituents is 1. The number of nitro groups is 1. The van der Waals surface area contributed by atoms with E-state index in [1.807, 2.05) is 0 Å². The van der Waals surface area contributed by atoms with E-state index in [4.69, 9.17) is 11.6 Å². The summed E-state index contributed by atoms with van der Waals surface area (Å²) in [5, 5.41) is 24.2. The molecule has 2 aromatic carbocycles. The standard InChI is InChI=1S/C16H10ClN3O4S/c17-10-5-1-2-6-11(10)18-16-19-15(22)13(25-16)8-9-4-3-7-12(14(9)21)20(23)24/h1-8,21H,(H,18,19,22). The first-order chi connectivity index (χ1) is 12.0. The van der Waals surface area contributed by atoms with Gasteiger partial charge in [-0.1, -0.05) is 35.9 Å². The summed E-state index contributed by atoms with van der Waals surface area (Å²) in [6.45, 7) is 0. The zero-order valence-corrected chi connectivity index (χ0v) is 14.0. The van der Waals surface area contributed by atoms with Gasteiger partial charge in [0.15, 0.2) is 5.17 Å². The topological polar surface area (TPSA) is 105 Å². The maximum absolute atomic E-state index is 12.1. The van der Waals surface area contributed by atoms with Crippen LogP contribution in [0.4, 0.5) is 11.4 Å². The van der Waals surface area contributed by atoms with Gasteiger partial charge in [0.05, 0.1) is 20.5 Å². The van der Waals surface area contributed by atoms with Crippen molar-refractivity contribution < 1.29 is 14.8 Å². The van der Waals surface area contributed by atoms with Crippen LogP contribution in [0.15, 0.2) is 52.4 Å². The molecule has 1 heterocycles. The van der Waals surface area contributed by atoms with Crippen LogP contribution in [-0.2, 0) is 4.79 Å². The zero-order chi connectivity index (χ0) is 18.0. The molecule has 9 heteroatoms. The first-order valence-corrected chi connectivity index (χ1v) is 8.15. The minimum Gasteiger partial charge on any atom is -0.502 e. The van der Waals surface area contributed by atoms with E-state index in [1.165, 1.54) is 24.3 Å². The van der Waals surface area contributed by atoms with Crippen LogP contribution < -0.4 is 5.32 Å². The van der Waals surface area contributed by atoms with E-state index in [1.54, 1.807) is 24.3 Å². The van der Waals surface area contributed by atoms with Crippen molar-refractivity contribution in [2.45, 2.75) is 0 Å². The Balaban J connectivity index is 1.91. The summed E-state index contributed by atoms with van der Waals surface area (Å²) in [5.74, 6) is -0.911. The van der Waals surface area contributed by atoms with Crippen molar-refractivity contribution >= 4 is 51.9 Å². The Morgan fingerprint density at radius 1 is 1.24 bits per heavy atom. The molecular formula is C16H10ClN3O4S. The molecule has 0 aliphatic carbocycles. The van der Waals surface area contributed by atoms with Crippen LogP contribution in [0.25, 0.3) is 6.08 Å². The Hall–Kier alpha value is -2.84. The number of para-hydroxylation sites is 2. The maximum atomic E-state index is 12.1. The number of thioether (sulfide) groups is 1. The monoisotopic (exact) mass is 375 g/mol. The SMILES string of the molecule is O=C1NC(=Nc2ccccc2Cl)SC1=Cc1cccc([N+](=O)[O-])c1O. The predicted octanol–water partition coefficient (Wildman–Crippen LogP) is 3.85. The van der Waals surface area contributed by atoms with Crippen molar-refractivity contribution in [1.29, 1.82) is 0 Å². The minimum atomic E-state index is -0.691. The smallest absolute Gasteiger partial charge is 0.311 e. The fourth-order valence-corrected chi connectivity index (χ4v) is 3.09. The van der Waals surface area contributed by atoms with Crippen molar-refractivity contribution in [1.82, 2.24) is 5.32 Å². The quantitative estimate of drug-likeness (QED) is 0.481. The summed E-state index contributed by atoms with van der Waals surface area (Å²) in [7, 11) is 0. The van der Waals surface area contributed by atoms with Gasteiger partial charge in [0.2, 0.25) is 5.75 Å². The molecule has 0 atom stereocenters. The number of nitrogens with one attached hydrogen (secondary N) is 1. The average molecular weight is 376 g/mol. The molecule has 126 valence electrons. The van der Waals surface area contributed by atoms with Gasteiger partial charge in [0, 0.05) is 11.6 Å². The number of hydrogen-bond donors (Lipinski definition) is 2. The van der Waals surface area contributed by atoms with Crippen molar-refractivity contribution in [3.05, 3.63) is 68.1 Å². The highest BCUT2D eigenvalue weighted by Gasteiger charge is 2.25. The molecule has 2 aromatic rings. The van der Waals surface area contributed by atoms with Crippen LogP contribution in [0.3, 0.4) is 0 Å². The molecule has 1 aliphatic heterocycles. The van der Waals surface area contributed by atoms with Crippen molar-refractivity contribution in [2.24, 2.45) is 4.99 Å². The minimum absolute atomic E-state index is 0.172. The van der Waals surface area contributed by atoms with Gasteiger partial charge in [-0.25, -0.2) is 4.99 Å². The van der Waals surface area contributed by atoms with E-state index in [0.29, 0.717) is 15.9 Å². The summed E-state index contributed by atoms with van der Waals surface area (Å²) < 4.78 is 0. The van der Waals surface area contributed by atoms with Gasteiger partial charge in [0.1, 0.15) is 0 Å². The molecule has 0 saturated carbocycles. The Kier molecular flexibility index (Phi) is 4.73. The lowest BCUT2D eigenvalue weighted by Gasteiger charge is -2.00. The number of rotatable bonds is 3. The molecule has 1 saturated heterocycles. The number of carbonyl (C=O) groups excluding carboxylic acids is 1. The molecular weight excluding hydrogens is 366 g/mol. The molecule has 0 unspecified atom stereocenters. The molecule has 7 nitrogen and oxygen atoms in total. The first-order valence-electron chi connectivity index (χ1n) is 6.96. The van der Waals surface area contributed by atoms with Gasteiger partial charge < -0.3 is 10.4 Å². The van der Waals surface area contributed by atoms with E-state index in [-0.39, 0.29) is 10.5 Å². The molecule has 25 heavy (non-hydrogen) atoms. The van der Waals surface area contributed by atoms with Gasteiger partial charge in [-0.05, 0) is 30.0 Å². The normalized spacial score (nSPS) is 17.1. The van der Waals surface area contributed by atoms with E-state index in [9.17, 15) is 20.0 Å². The number of nitrogens with zero attached hydrogens (tertiary/aromatic N) is 2. The third-order valence-electron chi connectivity index (χ3n) is 3.25. The Morgan fingerprint density at radius 2 is 2.00 bits per heavy atom. The van der Waals surface area contributed by atoms with Crippen LogP contribution in [0.5, 0.6) is 5.75 Å². The molecule has 0 bridgehead atoms. The van der Waals surface area contributed by atoms with Crippen molar-refractivity contribution in [2.75, 3.05) is 0 Å². The number of phenols is 1. The number of amidine groups is 1. The number of amides is 1. The molecule has 3 rings (SSSR count). The zero-order valence-electron chi connectivity index (χ0n) is 12.5. The van der Waals surface area contributed by atoms with Crippen LogP contribution >= 0.6 is 23.4 Å².